The second kappa shape index (κ2) is 6.53. The molecule has 1 atom stereocenters. The summed E-state index contributed by atoms with van der Waals surface area (Å²) in [6, 6.07) is 7.94. The van der Waals surface area contributed by atoms with Gasteiger partial charge in [0, 0.05) is 9.58 Å². The number of amides is 4. The Morgan fingerprint density at radius 3 is 2.65 bits per heavy atom. The minimum absolute atomic E-state index is 0.0250. The fourth-order valence-corrected chi connectivity index (χ4v) is 4.59. The summed E-state index contributed by atoms with van der Waals surface area (Å²) in [4.78, 5) is 25.8. The summed E-state index contributed by atoms with van der Waals surface area (Å²) >= 11 is 1.42. The molecule has 26 heavy (non-hydrogen) atoms. The van der Waals surface area contributed by atoms with Gasteiger partial charge in [0.2, 0.25) is 10.0 Å². The highest BCUT2D eigenvalue weighted by molar-refractivity contribution is 7.88. The van der Waals surface area contributed by atoms with Crippen LogP contribution in [0, 0.1) is 0 Å². The van der Waals surface area contributed by atoms with E-state index in [1.165, 1.54) is 11.3 Å². The van der Waals surface area contributed by atoms with Crippen molar-refractivity contribution in [2.75, 3.05) is 25.9 Å². The molecule has 3 rings (SSSR count). The highest BCUT2D eigenvalue weighted by Gasteiger charge is 2.38. The molecule has 1 aliphatic heterocycles. The minimum Gasteiger partial charge on any atom is -0.383 e. The van der Waals surface area contributed by atoms with Crippen LogP contribution >= 0.6 is 11.3 Å². The summed E-state index contributed by atoms with van der Waals surface area (Å²) in [5.74, 6) is 0. The summed E-state index contributed by atoms with van der Waals surface area (Å²) in [7, 11) is -3.70. The maximum Gasteiger partial charge on any atom is 0.341 e. The highest BCUT2D eigenvalue weighted by Crippen LogP contribution is 2.32. The second-order valence-corrected chi connectivity index (χ2v) is 9.34. The molecule has 8 nitrogen and oxygen atoms in total. The van der Waals surface area contributed by atoms with Gasteiger partial charge < -0.3 is 10.4 Å². The number of nitrogens with one attached hydrogen (secondary N) is 1. The fraction of sp³-hybridized carbons (Fsp3) is 0.375. The standard InChI is InChI=1S/C16H19N3O5S2/c1-16(22,13-9-11-5-3-4-6-12(11)25-13)10-17-14(20)18-7-8-19(15(18)21)26(2,23)24/h3-6,9,22H,7-8,10H2,1-2H3,(H,17,20). The van der Waals surface area contributed by atoms with E-state index < -0.39 is 27.7 Å². The molecule has 2 aromatic rings. The van der Waals surface area contributed by atoms with Crippen molar-refractivity contribution in [3.05, 3.63) is 35.2 Å². The number of sulfonamides is 1. The lowest BCUT2D eigenvalue weighted by Crippen LogP contribution is -2.47. The number of hydrogen-bond acceptors (Lipinski definition) is 6. The van der Waals surface area contributed by atoms with E-state index in [1.54, 1.807) is 6.92 Å². The van der Waals surface area contributed by atoms with Gasteiger partial charge in [-0.05, 0) is 24.4 Å². The van der Waals surface area contributed by atoms with Gasteiger partial charge in [0.1, 0.15) is 5.60 Å². The molecule has 0 aliphatic carbocycles. The van der Waals surface area contributed by atoms with Crippen LogP contribution in [0.5, 0.6) is 0 Å². The molecule has 140 valence electrons. The van der Waals surface area contributed by atoms with E-state index in [2.05, 4.69) is 5.32 Å². The normalized spacial score (nSPS) is 17.6. The third kappa shape index (κ3) is 3.53. The van der Waals surface area contributed by atoms with Gasteiger partial charge in [-0.2, -0.15) is 0 Å². The van der Waals surface area contributed by atoms with Gasteiger partial charge in [-0.3, -0.25) is 0 Å². The molecule has 1 saturated heterocycles. The van der Waals surface area contributed by atoms with E-state index in [-0.39, 0.29) is 19.6 Å². The van der Waals surface area contributed by atoms with E-state index in [0.29, 0.717) is 9.18 Å². The van der Waals surface area contributed by atoms with Gasteiger partial charge >= 0.3 is 12.1 Å². The van der Waals surface area contributed by atoms with Crippen LogP contribution in [0.3, 0.4) is 0 Å². The number of benzene rings is 1. The van der Waals surface area contributed by atoms with Crippen LogP contribution in [-0.4, -0.2) is 60.7 Å². The minimum atomic E-state index is -3.70. The van der Waals surface area contributed by atoms with E-state index >= 15 is 0 Å². The van der Waals surface area contributed by atoms with Crippen molar-refractivity contribution in [3.63, 3.8) is 0 Å². The van der Waals surface area contributed by atoms with Gasteiger partial charge in [0.15, 0.2) is 0 Å². The first-order chi connectivity index (χ1) is 12.1. The first-order valence-corrected chi connectivity index (χ1v) is 10.5. The zero-order valence-electron chi connectivity index (χ0n) is 14.3. The molecule has 1 aromatic carbocycles. The number of thiophene rings is 1. The molecule has 2 N–H and O–H groups in total. The summed E-state index contributed by atoms with van der Waals surface area (Å²) < 4.78 is 24.7. The zero-order chi connectivity index (χ0) is 19.1. The smallest absolute Gasteiger partial charge is 0.341 e. The Bertz CT molecular complexity index is 934. The van der Waals surface area contributed by atoms with Gasteiger partial charge in [-0.1, -0.05) is 18.2 Å². The molecule has 1 unspecified atom stereocenters. The van der Waals surface area contributed by atoms with Crippen molar-refractivity contribution in [3.8, 4) is 0 Å². The van der Waals surface area contributed by atoms with Crippen molar-refractivity contribution in [2.24, 2.45) is 0 Å². The first kappa shape index (κ1) is 18.6. The Kier molecular flexibility index (Phi) is 4.67. The molecule has 0 spiro atoms. The number of urea groups is 2. The van der Waals surface area contributed by atoms with Crippen molar-refractivity contribution in [1.29, 1.82) is 0 Å². The van der Waals surface area contributed by atoms with Crippen molar-refractivity contribution >= 4 is 43.5 Å². The molecule has 0 bridgehead atoms. The summed E-state index contributed by atoms with van der Waals surface area (Å²) in [6.45, 7) is 1.37. The largest absolute Gasteiger partial charge is 0.383 e. The number of nitrogens with zero attached hydrogens (tertiary/aromatic N) is 2. The third-order valence-corrected chi connectivity index (χ3v) is 6.67. The Hall–Kier alpha value is -2.17. The molecule has 0 saturated carbocycles. The molecule has 1 fully saturated rings. The zero-order valence-corrected chi connectivity index (χ0v) is 15.9. The van der Waals surface area contributed by atoms with E-state index in [4.69, 9.17) is 0 Å². The monoisotopic (exact) mass is 397 g/mol. The number of hydrogen-bond donors (Lipinski definition) is 2. The number of rotatable bonds is 4. The Morgan fingerprint density at radius 2 is 2.04 bits per heavy atom. The van der Waals surface area contributed by atoms with E-state index in [1.807, 2.05) is 30.3 Å². The van der Waals surface area contributed by atoms with E-state index in [9.17, 15) is 23.1 Å². The molecule has 1 aliphatic rings. The summed E-state index contributed by atoms with van der Waals surface area (Å²) in [5.41, 5.74) is -1.32. The van der Waals surface area contributed by atoms with Gasteiger partial charge in [0.05, 0.1) is 25.9 Å². The quantitative estimate of drug-likeness (QED) is 0.813. The molecule has 10 heteroatoms. The molecule has 1 aromatic heterocycles. The third-order valence-electron chi connectivity index (χ3n) is 4.16. The van der Waals surface area contributed by atoms with Crippen LogP contribution in [0.25, 0.3) is 10.1 Å². The Labute approximate surface area is 155 Å². The van der Waals surface area contributed by atoms with Crippen molar-refractivity contribution in [1.82, 2.24) is 14.5 Å². The predicted molar refractivity (Wildman–Crippen MR) is 98.4 cm³/mol. The maximum absolute atomic E-state index is 12.2. The highest BCUT2D eigenvalue weighted by atomic mass is 32.2. The van der Waals surface area contributed by atoms with Crippen LogP contribution in [0.4, 0.5) is 9.59 Å². The second-order valence-electron chi connectivity index (χ2n) is 6.35. The summed E-state index contributed by atoms with van der Waals surface area (Å²) in [6.07, 6.45) is 0.915. The SMILES string of the molecule is CC(O)(CNC(=O)N1CCN(S(C)(=O)=O)C1=O)c1cc2ccccc2s1. The van der Waals surface area contributed by atoms with Gasteiger partial charge in [-0.15, -0.1) is 11.3 Å². The Morgan fingerprint density at radius 1 is 1.35 bits per heavy atom. The molecular weight excluding hydrogens is 378 g/mol. The van der Waals surface area contributed by atoms with Gasteiger partial charge in [-0.25, -0.2) is 27.2 Å². The number of aliphatic hydroxyl groups is 1. The predicted octanol–water partition coefficient (Wildman–Crippen LogP) is 1.52. The van der Waals surface area contributed by atoms with Crippen LogP contribution in [0.1, 0.15) is 11.8 Å². The first-order valence-electron chi connectivity index (χ1n) is 7.88. The molecular formula is C16H19N3O5S2. The fourth-order valence-electron chi connectivity index (χ4n) is 2.69. The number of imide groups is 1. The number of carbonyl (C=O) groups excluding carboxylic acids is 2. The van der Waals surface area contributed by atoms with Crippen LogP contribution < -0.4 is 5.32 Å². The van der Waals surface area contributed by atoms with Gasteiger partial charge in [0.25, 0.3) is 0 Å². The van der Waals surface area contributed by atoms with Crippen LogP contribution in [-0.2, 0) is 15.6 Å². The lowest BCUT2D eigenvalue weighted by atomic mass is 10.0. The molecule has 4 amide bonds. The average Bonchev–Trinajstić information content (AvgIpc) is 3.16. The van der Waals surface area contributed by atoms with Crippen molar-refractivity contribution < 1.29 is 23.1 Å². The molecule has 0 radical (unpaired) electrons. The lowest BCUT2D eigenvalue weighted by molar-refractivity contribution is 0.0620. The topological polar surface area (TPSA) is 107 Å². The van der Waals surface area contributed by atoms with Crippen LogP contribution in [0.15, 0.2) is 30.3 Å². The van der Waals surface area contributed by atoms with Crippen molar-refractivity contribution in [2.45, 2.75) is 12.5 Å². The Balaban J connectivity index is 1.68. The molecule has 2 heterocycles. The maximum atomic E-state index is 12.2. The number of fused-ring (bicyclic) bond motifs is 1. The number of carbonyl (C=O) groups is 2. The van der Waals surface area contributed by atoms with Crippen LogP contribution in [0.2, 0.25) is 0 Å². The van der Waals surface area contributed by atoms with E-state index in [0.717, 1.165) is 21.2 Å². The average molecular weight is 397 g/mol. The summed E-state index contributed by atoms with van der Waals surface area (Å²) in [5, 5.41) is 14.2. The lowest BCUT2D eigenvalue weighted by Gasteiger charge is -2.24.